The van der Waals surface area contributed by atoms with Crippen LogP contribution in [0.5, 0.6) is 0 Å². The lowest BCUT2D eigenvalue weighted by Gasteiger charge is -2.29. The van der Waals surface area contributed by atoms with E-state index in [2.05, 4.69) is 4.72 Å². The second kappa shape index (κ2) is 9.37. The van der Waals surface area contributed by atoms with Gasteiger partial charge in [-0.25, -0.2) is 8.42 Å². The van der Waals surface area contributed by atoms with E-state index < -0.39 is 22.1 Å². The normalized spacial score (nSPS) is 21.1. The molecule has 0 aliphatic carbocycles. The van der Waals surface area contributed by atoms with Crippen molar-refractivity contribution in [1.82, 2.24) is 14.5 Å². The third kappa shape index (κ3) is 4.77. The minimum absolute atomic E-state index is 0.0584. The van der Waals surface area contributed by atoms with Crippen molar-refractivity contribution in [1.29, 1.82) is 0 Å². The molecule has 0 bridgehead atoms. The second-order valence-electron chi connectivity index (χ2n) is 8.56. The van der Waals surface area contributed by atoms with E-state index in [1.165, 1.54) is 11.0 Å². The van der Waals surface area contributed by atoms with Crippen LogP contribution in [0.4, 0.5) is 0 Å². The predicted octanol–water partition coefficient (Wildman–Crippen LogP) is 3.16. The zero-order valence-corrected chi connectivity index (χ0v) is 19.7. The first kappa shape index (κ1) is 23.0. The number of halogens is 1. The molecule has 2 aliphatic heterocycles. The number of benzene rings is 2. The van der Waals surface area contributed by atoms with Gasteiger partial charge >= 0.3 is 0 Å². The molecule has 2 aromatic rings. The summed E-state index contributed by atoms with van der Waals surface area (Å²) in [6, 6.07) is 8.52. The van der Waals surface area contributed by atoms with Crippen LogP contribution in [0.1, 0.15) is 39.0 Å². The molecule has 1 N–H and O–H groups in total. The van der Waals surface area contributed by atoms with Gasteiger partial charge in [0.1, 0.15) is 12.1 Å². The first-order chi connectivity index (χ1) is 15.3. The van der Waals surface area contributed by atoms with Gasteiger partial charge in [0.05, 0.1) is 4.90 Å². The Bertz CT molecular complexity index is 1130. The SMILES string of the molecule is CC(C(=O)N1CCCCCC1)N1CCC(NS(=O)(=O)c2ccc3cc(Cl)ccc3c2)C1=O. The molecule has 2 aromatic carbocycles. The molecular formula is C23H28ClN3O4S. The van der Waals surface area contributed by atoms with Crippen LogP contribution < -0.4 is 4.72 Å². The van der Waals surface area contributed by atoms with Crippen LogP contribution >= 0.6 is 11.6 Å². The summed E-state index contributed by atoms with van der Waals surface area (Å²) in [5.74, 6) is -0.409. The topological polar surface area (TPSA) is 86.8 Å². The van der Waals surface area contributed by atoms with Crippen molar-refractivity contribution in [3.8, 4) is 0 Å². The van der Waals surface area contributed by atoms with Crippen molar-refractivity contribution >= 4 is 44.2 Å². The van der Waals surface area contributed by atoms with Crippen molar-refractivity contribution in [2.75, 3.05) is 19.6 Å². The highest BCUT2D eigenvalue weighted by molar-refractivity contribution is 7.89. The van der Waals surface area contributed by atoms with Crippen molar-refractivity contribution in [2.45, 2.75) is 56.0 Å². The maximum Gasteiger partial charge on any atom is 0.245 e. The lowest BCUT2D eigenvalue weighted by molar-refractivity contribution is -0.143. The number of sulfonamides is 1. The summed E-state index contributed by atoms with van der Waals surface area (Å²) in [7, 11) is -3.90. The predicted molar refractivity (Wildman–Crippen MR) is 124 cm³/mol. The van der Waals surface area contributed by atoms with Gasteiger partial charge in [-0.05, 0) is 61.2 Å². The van der Waals surface area contributed by atoms with Gasteiger partial charge in [0.25, 0.3) is 0 Å². The summed E-state index contributed by atoms with van der Waals surface area (Å²) >= 11 is 6.00. The van der Waals surface area contributed by atoms with E-state index in [0.717, 1.165) is 36.5 Å². The number of rotatable bonds is 5. The zero-order valence-electron chi connectivity index (χ0n) is 18.1. The monoisotopic (exact) mass is 477 g/mol. The molecule has 0 spiro atoms. The summed E-state index contributed by atoms with van der Waals surface area (Å²) in [5, 5.41) is 2.15. The molecule has 2 heterocycles. The van der Waals surface area contributed by atoms with Crippen LogP contribution in [0.15, 0.2) is 41.3 Å². The molecule has 172 valence electrons. The molecule has 2 atom stereocenters. The van der Waals surface area contributed by atoms with Crippen LogP contribution in [0.2, 0.25) is 5.02 Å². The molecule has 7 nitrogen and oxygen atoms in total. The molecule has 2 unspecified atom stereocenters. The van der Waals surface area contributed by atoms with E-state index in [4.69, 9.17) is 11.6 Å². The van der Waals surface area contributed by atoms with Crippen molar-refractivity contribution in [2.24, 2.45) is 0 Å². The van der Waals surface area contributed by atoms with Crippen LogP contribution in [0.25, 0.3) is 10.8 Å². The summed E-state index contributed by atoms with van der Waals surface area (Å²) in [6.07, 6.45) is 4.53. The number of nitrogens with one attached hydrogen (secondary N) is 1. The third-order valence-electron chi connectivity index (χ3n) is 6.36. The molecule has 4 rings (SSSR count). The highest BCUT2D eigenvalue weighted by Crippen LogP contribution is 2.24. The molecule has 2 saturated heterocycles. The number of amides is 2. The number of carbonyl (C=O) groups is 2. The lowest BCUT2D eigenvalue weighted by atomic mass is 10.1. The number of hydrogen-bond acceptors (Lipinski definition) is 4. The summed E-state index contributed by atoms with van der Waals surface area (Å²) in [4.78, 5) is 29.3. The molecule has 2 fully saturated rings. The number of hydrogen-bond donors (Lipinski definition) is 1. The van der Waals surface area contributed by atoms with E-state index in [-0.39, 0.29) is 16.7 Å². The van der Waals surface area contributed by atoms with Gasteiger partial charge in [-0.2, -0.15) is 4.72 Å². The number of nitrogens with zero attached hydrogens (tertiary/aromatic N) is 2. The van der Waals surface area contributed by atoms with Gasteiger partial charge in [-0.15, -0.1) is 0 Å². The second-order valence-corrected chi connectivity index (χ2v) is 10.7. The van der Waals surface area contributed by atoms with Crippen molar-refractivity contribution in [3.05, 3.63) is 41.4 Å². The van der Waals surface area contributed by atoms with Gasteiger partial charge in [0, 0.05) is 24.7 Å². The Balaban J connectivity index is 1.45. The number of fused-ring (bicyclic) bond motifs is 1. The van der Waals surface area contributed by atoms with Crippen LogP contribution in [0.3, 0.4) is 0 Å². The van der Waals surface area contributed by atoms with Crippen molar-refractivity contribution in [3.63, 3.8) is 0 Å². The minimum atomic E-state index is -3.90. The molecule has 2 amide bonds. The molecule has 32 heavy (non-hydrogen) atoms. The Morgan fingerprint density at radius 3 is 2.41 bits per heavy atom. The highest BCUT2D eigenvalue weighted by atomic mass is 35.5. The van der Waals surface area contributed by atoms with E-state index in [1.807, 2.05) is 4.90 Å². The molecule has 9 heteroatoms. The molecule has 0 radical (unpaired) electrons. The van der Waals surface area contributed by atoms with Gasteiger partial charge < -0.3 is 9.80 Å². The molecule has 2 aliphatic rings. The Kier molecular flexibility index (Phi) is 6.74. The fraction of sp³-hybridized carbons (Fsp3) is 0.478. The zero-order chi connectivity index (χ0) is 22.9. The smallest absolute Gasteiger partial charge is 0.245 e. The maximum atomic E-state index is 13.0. The fourth-order valence-electron chi connectivity index (χ4n) is 4.50. The average Bonchev–Trinajstić information content (AvgIpc) is 2.96. The number of carbonyl (C=O) groups excluding carboxylic acids is 2. The maximum absolute atomic E-state index is 13.0. The van der Waals surface area contributed by atoms with E-state index in [9.17, 15) is 18.0 Å². The van der Waals surface area contributed by atoms with Gasteiger partial charge in [-0.3, -0.25) is 9.59 Å². The Labute approximate surface area is 193 Å². The molecular weight excluding hydrogens is 450 g/mol. The summed E-state index contributed by atoms with van der Waals surface area (Å²) in [6.45, 7) is 3.52. The number of likely N-dealkylation sites (tertiary alicyclic amines) is 2. The van der Waals surface area contributed by atoms with Gasteiger partial charge in [0.2, 0.25) is 21.8 Å². The summed E-state index contributed by atoms with van der Waals surface area (Å²) in [5.41, 5.74) is 0. The van der Waals surface area contributed by atoms with E-state index in [0.29, 0.717) is 31.1 Å². The van der Waals surface area contributed by atoms with Crippen molar-refractivity contribution < 1.29 is 18.0 Å². The Hall–Kier alpha value is -2.16. The molecule has 0 aromatic heterocycles. The lowest BCUT2D eigenvalue weighted by Crippen LogP contribution is -2.50. The van der Waals surface area contributed by atoms with E-state index >= 15 is 0 Å². The van der Waals surface area contributed by atoms with Crippen LogP contribution in [0, 0.1) is 0 Å². The molecule has 0 saturated carbocycles. The fourth-order valence-corrected chi connectivity index (χ4v) is 5.94. The largest absolute Gasteiger partial charge is 0.341 e. The average molecular weight is 478 g/mol. The Morgan fingerprint density at radius 1 is 1.03 bits per heavy atom. The quantitative estimate of drug-likeness (QED) is 0.716. The highest BCUT2D eigenvalue weighted by Gasteiger charge is 2.40. The Morgan fingerprint density at radius 2 is 1.69 bits per heavy atom. The van der Waals surface area contributed by atoms with Crippen LogP contribution in [-0.2, 0) is 19.6 Å². The summed E-state index contributed by atoms with van der Waals surface area (Å²) < 4.78 is 28.5. The van der Waals surface area contributed by atoms with Crippen LogP contribution in [-0.4, -0.2) is 61.7 Å². The van der Waals surface area contributed by atoms with Gasteiger partial charge in [0.15, 0.2) is 0 Å². The van der Waals surface area contributed by atoms with E-state index in [1.54, 1.807) is 37.3 Å². The van der Waals surface area contributed by atoms with Gasteiger partial charge in [-0.1, -0.05) is 36.6 Å². The minimum Gasteiger partial charge on any atom is -0.341 e. The first-order valence-electron chi connectivity index (χ1n) is 11.1. The standard InChI is InChI=1S/C23H28ClN3O4S/c1-16(22(28)26-11-4-2-3-5-12-26)27-13-10-21(23(27)29)25-32(30,31)20-9-7-17-14-19(24)8-6-18(17)15-20/h6-9,14-16,21,25H,2-5,10-13H2,1H3. The first-order valence-corrected chi connectivity index (χ1v) is 12.9. The third-order valence-corrected chi connectivity index (χ3v) is 8.07.